The van der Waals surface area contributed by atoms with Crippen molar-refractivity contribution in [3.05, 3.63) is 52.0 Å². The lowest BCUT2D eigenvalue weighted by Gasteiger charge is -2.35. The highest BCUT2D eigenvalue weighted by atomic mass is 16.5. The predicted molar refractivity (Wildman–Crippen MR) is 84.7 cm³/mol. The highest BCUT2D eigenvalue weighted by Gasteiger charge is 2.31. The Bertz CT molecular complexity index is 954. The van der Waals surface area contributed by atoms with Crippen molar-refractivity contribution in [2.45, 2.75) is 32.2 Å². The van der Waals surface area contributed by atoms with Gasteiger partial charge in [0.15, 0.2) is 5.69 Å². The molecule has 0 saturated carbocycles. The molecule has 3 aromatic heterocycles. The Morgan fingerprint density at radius 1 is 1.38 bits per heavy atom. The van der Waals surface area contributed by atoms with Crippen LogP contribution in [0.25, 0.3) is 5.78 Å². The lowest BCUT2D eigenvalue weighted by molar-refractivity contribution is 0.0595. The van der Waals surface area contributed by atoms with Crippen molar-refractivity contribution in [1.29, 1.82) is 0 Å². The van der Waals surface area contributed by atoms with Crippen molar-refractivity contribution in [1.82, 2.24) is 24.4 Å². The normalized spacial score (nSPS) is 18.2. The van der Waals surface area contributed by atoms with Crippen molar-refractivity contribution in [3.8, 4) is 0 Å². The molecule has 0 spiro atoms. The first-order valence-electron chi connectivity index (χ1n) is 7.94. The van der Waals surface area contributed by atoms with E-state index in [2.05, 4.69) is 15.1 Å². The number of aromatic amines is 1. The fraction of sp³-hybridized carbons (Fsp3) is 0.375. The average molecular weight is 327 g/mol. The van der Waals surface area contributed by atoms with Crippen LogP contribution in [0.15, 0.2) is 33.8 Å². The van der Waals surface area contributed by atoms with Gasteiger partial charge in [0.05, 0.1) is 6.04 Å². The molecule has 0 bridgehead atoms. The number of aryl methyl sites for hydroxylation is 1. The minimum atomic E-state index is -0.197. The summed E-state index contributed by atoms with van der Waals surface area (Å²) >= 11 is 0. The maximum absolute atomic E-state index is 12.8. The highest BCUT2D eigenvalue weighted by Crippen LogP contribution is 2.30. The summed E-state index contributed by atoms with van der Waals surface area (Å²) in [6.07, 6.45) is 5.89. The summed E-state index contributed by atoms with van der Waals surface area (Å²) in [5.74, 6) is 0.896. The van der Waals surface area contributed by atoms with Crippen LogP contribution in [0, 0.1) is 6.92 Å². The maximum Gasteiger partial charge on any atom is 0.276 e. The molecule has 8 heteroatoms. The van der Waals surface area contributed by atoms with E-state index < -0.39 is 0 Å². The number of nitrogens with one attached hydrogen (secondary N) is 1. The Balaban J connectivity index is 1.73. The third kappa shape index (κ3) is 2.40. The fourth-order valence-corrected chi connectivity index (χ4v) is 3.23. The standard InChI is InChI=1S/C16H17N5O3/c1-10-8-12(19-24-10)15(23)20-6-3-2-4-13(20)11-9-14(22)21-7-5-17-16(21)18-11/h5,7-9,13H,2-4,6H2,1H3,(H,17,18)/t13-/m0/s1. The van der Waals surface area contributed by atoms with Gasteiger partial charge in [-0.1, -0.05) is 5.16 Å². The van der Waals surface area contributed by atoms with Crippen LogP contribution in [0.2, 0.25) is 0 Å². The number of piperidine rings is 1. The van der Waals surface area contributed by atoms with Crippen molar-refractivity contribution in [2.24, 2.45) is 0 Å². The molecular weight excluding hydrogens is 310 g/mol. The zero-order chi connectivity index (χ0) is 16.7. The third-order valence-corrected chi connectivity index (χ3v) is 4.38. The van der Waals surface area contributed by atoms with Crippen molar-refractivity contribution >= 4 is 11.7 Å². The average Bonchev–Trinajstić information content (AvgIpc) is 3.23. The SMILES string of the molecule is Cc1cc(C(=O)N2CCCC[C@H]2c2cc(=O)n3ccnc3[nH]2)no1. The number of hydrogen-bond acceptors (Lipinski definition) is 5. The summed E-state index contributed by atoms with van der Waals surface area (Å²) in [6, 6.07) is 2.98. The minimum Gasteiger partial charge on any atom is -0.361 e. The second-order valence-electron chi connectivity index (χ2n) is 6.02. The van der Waals surface area contributed by atoms with Gasteiger partial charge in [0.2, 0.25) is 5.78 Å². The first kappa shape index (κ1) is 14.7. The van der Waals surface area contributed by atoms with E-state index in [1.165, 1.54) is 4.40 Å². The molecule has 3 aromatic rings. The molecule has 1 N–H and O–H groups in total. The fourth-order valence-electron chi connectivity index (χ4n) is 3.23. The van der Waals surface area contributed by atoms with Gasteiger partial charge < -0.3 is 14.4 Å². The molecule has 124 valence electrons. The Labute approximate surface area is 137 Å². The number of nitrogens with zero attached hydrogens (tertiary/aromatic N) is 4. The summed E-state index contributed by atoms with van der Waals surface area (Å²) in [4.78, 5) is 34.1. The second-order valence-corrected chi connectivity index (χ2v) is 6.02. The quantitative estimate of drug-likeness (QED) is 0.772. The first-order chi connectivity index (χ1) is 11.6. The number of fused-ring (bicyclic) bond motifs is 1. The molecule has 0 aromatic carbocycles. The van der Waals surface area contributed by atoms with E-state index in [1.54, 1.807) is 36.4 Å². The van der Waals surface area contributed by atoms with Crippen molar-refractivity contribution in [3.63, 3.8) is 0 Å². The van der Waals surface area contributed by atoms with Crippen LogP contribution in [0.4, 0.5) is 0 Å². The van der Waals surface area contributed by atoms with Gasteiger partial charge in [-0.25, -0.2) is 4.98 Å². The topological polar surface area (TPSA) is 96.5 Å². The molecule has 24 heavy (non-hydrogen) atoms. The molecular formula is C16H17N5O3. The monoisotopic (exact) mass is 327 g/mol. The predicted octanol–water partition coefficient (Wildman–Crippen LogP) is 1.69. The largest absolute Gasteiger partial charge is 0.361 e. The molecule has 1 aliphatic rings. The second kappa shape index (κ2) is 5.63. The van der Waals surface area contributed by atoms with E-state index in [4.69, 9.17) is 4.52 Å². The molecule has 4 rings (SSSR count). The van der Waals surface area contributed by atoms with E-state index in [0.29, 0.717) is 29.5 Å². The van der Waals surface area contributed by atoms with Crippen molar-refractivity contribution < 1.29 is 9.32 Å². The number of amides is 1. The molecule has 1 saturated heterocycles. The number of aromatic nitrogens is 4. The molecule has 0 aliphatic carbocycles. The highest BCUT2D eigenvalue weighted by molar-refractivity contribution is 5.92. The molecule has 8 nitrogen and oxygen atoms in total. The maximum atomic E-state index is 12.8. The van der Waals surface area contributed by atoms with E-state index in [-0.39, 0.29) is 17.5 Å². The first-order valence-corrected chi connectivity index (χ1v) is 7.94. The molecule has 0 unspecified atom stereocenters. The lowest BCUT2D eigenvalue weighted by Crippen LogP contribution is -2.39. The van der Waals surface area contributed by atoms with Crippen LogP contribution < -0.4 is 5.56 Å². The summed E-state index contributed by atoms with van der Waals surface area (Å²) in [7, 11) is 0. The van der Waals surface area contributed by atoms with Gasteiger partial charge in [-0.3, -0.25) is 14.0 Å². The van der Waals surface area contributed by atoms with Gasteiger partial charge in [-0.15, -0.1) is 0 Å². The van der Waals surface area contributed by atoms with Gasteiger partial charge in [0.1, 0.15) is 5.76 Å². The molecule has 1 atom stereocenters. The van der Waals surface area contributed by atoms with Crippen LogP contribution in [-0.4, -0.2) is 36.9 Å². The van der Waals surface area contributed by atoms with E-state index in [9.17, 15) is 9.59 Å². The van der Waals surface area contributed by atoms with Crippen LogP contribution in [0.5, 0.6) is 0 Å². The smallest absolute Gasteiger partial charge is 0.276 e. The number of carbonyl (C=O) groups is 1. The van der Waals surface area contributed by atoms with E-state index >= 15 is 0 Å². The number of H-pyrrole nitrogens is 1. The zero-order valence-corrected chi connectivity index (χ0v) is 13.2. The van der Waals surface area contributed by atoms with Crippen LogP contribution >= 0.6 is 0 Å². The third-order valence-electron chi connectivity index (χ3n) is 4.38. The van der Waals surface area contributed by atoms with Crippen LogP contribution in [0.1, 0.15) is 47.2 Å². The summed E-state index contributed by atoms with van der Waals surface area (Å²) in [5.41, 5.74) is 0.835. The van der Waals surface area contributed by atoms with E-state index in [0.717, 1.165) is 19.3 Å². The Morgan fingerprint density at radius 3 is 3.04 bits per heavy atom. The van der Waals surface area contributed by atoms with Crippen molar-refractivity contribution in [2.75, 3.05) is 6.54 Å². The van der Waals surface area contributed by atoms with Gasteiger partial charge in [0, 0.05) is 36.8 Å². The van der Waals surface area contributed by atoms with Gasteiger partial charge in [0.25, 0.3) is 11.5 Å². The number of carbonyl (C=O) groups excluding carboxylic acids is 1. The van der Waals surface area contributed by atoms with Crippen LogP contribution in [-0.2, 0) is 0 Å². The molecule has 4 heterocycles. The Kier molecular flexibility index (Phi) is 3.44. The molecule has 1 fully saturated rings. The lowest BCUT2D eigenvalue weighted by atomic mass is 9.98. The molecule has 1 aliphatic heterocycles. The minimum absolute atomic E-state index is 0.161. The number of imidazole rings is 1. The van der Waals surface area contributed by atoms with Crippen LogP contribution in [0.3, 0.4) is 0 Å². The molecule has 0 radical (unpaired) electrons. The number of rotatable bonds is 2. The Morgan fingerprint density at radius 2 is 2.25 bits per heavy atom. The zero-order valence-electron chi connectivity index (χ0n) is 13.2. The Hall–Kier alpha value is -2.90. The van der Waals surface area contributed by atoms with Gasteiger partial charge in [-0.2, -0.15) is 0 Å². The van der Waals surface area contributed by atoms with E-state index in [1.807, 2.05) is 0 Å². The summed E-state index contributed by atoms with van der Waals surface area (Å²) in [5, 5.41) is 3.82. The molecule has 1 amide bonds. The van der Waals surface area contributed by atoms with Gasteiger partial charge in [-0.05, 0) is 26.2 Å². The number of likely N-dealkylation sites (tertiary alicyclic amines) is 1. The number of hydrogen-bond donors (Lipinski definition) is 1. The van der Waals surface area contributed by atoms with Gasteiger partial charge >= 0.3 is 0 Å². The summed E-state index contributed by atoms with van der Waals surface area (Å²) < 4.78 is 6.46. The summed E-state index contributed by atoms with van der Waals surface area (Å²) in [6.45, 7) is 2.37.